The zero-order chi connectivity index (χ0) is 12.1. The maximum Gasteiger partial charge on any atom is 0.205 e. The van der Waals surface area contributed by atoms with Crippen molar-refractivity contribution in [2.75, 3.05) is 32.0 Å². The summed E-state index contributed by atoms with van der Waals surface area (Å²) in [5, 5.41) is 0. The van der Waals surface area contributed by atoms with Crippen LogP contribution in [0, 0.1) is 0 Å². The van der Waals surface area contributed by atoms with Crippen LogP contribution in [-0.4, -0.2) is 36.9 Å². The Morgan fingerprint density at radius 1 is 1.24 bits per heavy atom. The van der Waals surface area contributed by atoms with E-state index in [0.717, 1.165) is 19.6 Å². The van der Waals surface area contributed by atoms with E-state index < -0.39 is 7.37 Å². The van der Waals surface area contributed by atoms with Crippen LogP contribution in [0.25, 0.3) is 0 Å². The van der Waals surface area contributed by atoms with E-state index in [-0.39, 0.29) is 0 Å². The molecular weight excluding hydrogens is 233 g/mol. The second-order valence-electron chi connectivity index (χ2n) is 4.44. The monoisotopic (exact) mass is 253 g/mol. The van der Waals surface area contributed by atoms with Crippen molar-refractivity contribution in [3.05, 3.63) is 35.9 Å². The molecule has 0 saturated carbocycles. The molecule has 1 fully saturated rings. The first-order valence-corrected chi connectivity index (χ1v) is 8.20. The summed E-state index contributed by atoms with van der Waals surface area (Å²) in [6.45, 7) is 5.19. The summed E-state index contributed by atoms with van der Waals surface area (Å²) in [6, 6.07) is 10.4. The molecular formula is C13H20NO2P. The second kappa shape index (κ2) is 5.81. The molecule has 0 atom stereocenters. The van der Waals surface area contributed by atoms with Crippen LogP contribution in [0.3, 0.4) is 0 Å². The maximum atomic E-state index is 12.2. The molecule has 1 aliphatic rings. The minimum Gasteiger partial charge on any atom is -0.329 e. The lowest BCUT2D eigenvalue weighted by atomic mass is 10.2. The van der Waals surface area contributed by atoms with Gasteiger partial charge in [-0.05, 0) is 12.5 Å². The van der Waals surface area contributed by atoms with Gasteiger partial charge in [-0.25, -0.2) is 0 Å². The third-order valence-electron chi connectivity index (χ3n) is 3.13. The number of nitrogens with zero attached hydrogens (tertiary/aromatic N) is 1. The molecule has 1 aliphatic heterocycles. The summed E-state index contributed by atoms with van der Waals surface area (Å²) in [5.41, 5.74) is 1.32. The van der Waals surface area contributed by atoms with Gasteiger partial charge in [0.25, 0.3) is 0 Å². The van der Waals surface area contributed by atoms with Crippen LogP contribution in [0.15, 0.2) is 30.3 Å². The molecule has 1 aromatic carbocycles. The predicted molar refractivity (Wildman–Crippen MR) is 70.7 cm³/mol. The smallest absolute Gasteiger partial charge is 0.205 e. The standard InChI is InChI=1S/C13H20NO2P/c1-2-16-17(15)10-8-14(9-11-17)12-13-6-4-3-5-7-13/h3-7H,2,8-12H2,1H3. The maximum absolute atomic E-state index is 12.2. The van der Waals surface area contributed by atoms with Gasteiger partial charge >= 0.3 is 0 Å². The van der Waals surface area contributed by atoms with Crippen LogP contribution in [-0.2, 0) is 15.6 Å². The van der Waals surface area contributed by atoms with Crippen LogP contribution >= 0.6 is 7.37 Å². The van der Waals surface area contributed by atoms with Gasteiger partial charge in [-0.15, -0.1) is 0 Å². The molecule has 0 unspecified atom stereocenters. The molecule has 4 heteroatoms. The van der Waals surface area contributed by atoms with Crippen LogP contribution < -0.4 is 0 Å². The largest absolute Gasteiger partial charge is 0.329 e. The Morgan fingerprint density at radius 2 is 1.88 bits per heavy atom. The molecule has 94 valence electrons. The molecule has 0 aromatic heterocycles. The van der Waals surface area contributed by atoms with E-state index in [1.807, 2.05) is 13.0 Å². The van der Waals surface area contributed by atoms with Crippen LogP contribution in [0.4, 0.5) is 0 Å². The van der Waals surface area contributed by atoms with Gasteiger partial charge in [0.05, 0.1) is 6.61 Å². The quantitative estimate of drug-likeness (QED) is 0.773. The molecule has 0 bridgehead atoms. The molecule has 2 rings (SSSR count). The van der Waals surface area contributed by atoms with E-state index >= 15 is 0 Å². The van der Waals surface area contributed by atoms with E-state index in [9.17, 15) is 4.57 Å². The topological polar surface area (TPSA) is 29.5 Å². The molecule has 0 spiro atoms. The third kappa shape index (κ3) is 3.67. The number of hydrogen-bond donors (Lipinski definition) is 0. The zero-order valence-electron chi connectivity index (χ0n) is 10.3. The zero-order valence-corrected chi connectivity index (χ0v) is 11.2. The van der Waals surface area contributed by atoms with Gasteiger partial charge in [0.15, 0.2) is 0 Å². The third-order valence-corrected chi connectivity index (χ3v) is 5.62. The van der Waals surface area contributed by atoms with E-state index in [1.165, 1.54) is 5.56 Å². The van der Waals surface area contributed by atoms with Gasteiger partial charge in [-0.3, -0.25) is 9.46 Å². The number of benzene rings is 1. The lowest BCUT2D eigenvalue weighted by Crippen LogP contribution is -2.34. The van der Waals surface area contributed by atoms with Gasteiger partial charge in [0.2, 0.25) is 7.37 Å². The Labute approximate surface area is 103 Å². The van der Waals surface area contributed by atoms with Crippen molar-refractivity contribution in [3.63, 3.8) is 0 Å². The SMILES string of the molecule is CCOP1(=O)CCN(Cc2ccccc2)CC1. The summed E-state index contributed by atoms with van der Waals surface area (Å²) >= 11 is 0. The van der Waals surface area contributed by atoms with Crippen LogP contribution in [0.2, 0.25) is 0 Å². The predicted octanol–water partition coefficient (Wildman–Crippen LogP) is 2.82. The van der Waals surface area contributed by atoms with Gasteiger partial charge in [-0.2, -0.15) is 0 Å². The highest BCUT2D eigenvalue weighted by molar-refractivity contribution is 7.59. The van der Waals surface area contributed by atoms with Crippen molar-refractivity contribution in [3.8, 4) is 0 Å². The number of rotatable bonds is 4. The van der Waals surface area contributed by atoms with Crippen molar-refractivity contribution < 1.29 is 9.09 Å². The molecule has 1 aromatic rings. The van der Waals surface area contributed by atoms with Crippen LogP contribution in [0.1, 0.15) is 12.5 Å². The van der Waals surface area contributed by atoms with Crippen molar-refractivity contribution in [1.29, 1.82) is 0 Å². The molecule has 0 amide bonds. The Morgan fingerprint density at radius 3 is 2.47 bits per heavy atom. The minimum atomic E-state index is -2.30. The fraction of sp³-hybridized carbons (Fsp3) is 0.538. The summed E-state index contributed by atoms with van der Waals surface area (Å²) in [4.78, 5) is 2.35. The summed E-state index contributed by atoms with van der Waals surface area (Å²) in [6.07, 6.45) is 1.40. The lowest BCUT2D eigenvalue weighted by molar-refractivity contribution is 0.259. The highest BCUT2D eigenvalue weighted by Crippen LogP contribution is 2.48. The molecule has 3 nitrogen and oxygen atoms in total. The molecule has 1 heterocycles. The normalized spacial score (nSPS) is 20.3. The minimum absolute atomic E-state index is 0.565. The van der Waals surface area contributed by atoms with E-state index in [1.54, 1.807) is 0 Å². The first-order valence-electron chi connectivity index (χ1n) is 6.21. The average molecular weight is 253 g/mol. The number of hydrogen-bond acceptors (Lipinski definition) is 3. The van der Waals surface area contributed by atoms with Crippen LogP contribution in [0.5, 0.6) is 0 Å². The van der Waals surface area contributed by atoms with Gasteiger partial charge in [-0.1, -0.05) is 30.3 Å². The van der Waals surface area contributed by atoms with Gasteiger partial charge in [0, 0.05) is 32.0 Å². The molecule has 17 heavy (non-hydrogen) atoms. The summed E-state index contributed by atoms with van der Waals surface area (Å²) < 4.78 is 17.6. The van der Waals surface area contributed by atoms with Crippen molar-refractivity contribution in [1.82, 2.24) is 4.90 Å². The van der Waals surface area contributed by atoms with E-state index in [2.05, 4.69) is 29.2 Å². The first-order chi connectivity index (χ1) is 8.22. The fourth-order valence-electron chi connectivity index (χ4n) is 2.18. The average Bonchev–Trinajstić information content (AvgIpc) is 2.34. The molecule has 0 aliphatic carbocycles. The fourth-order valence-corrected chi connectivity index (χ4v) is 4.30. The lowest BCUT2D eigenvalue weighted by Gasteiger charge is -2.31. The highest BCUT2D eigenvalue weighted by Gasteiger charge is 2.28. The van der Waals surface area contributed by atoms with E-state index in [4.69, 9.17) is 4.52 Å². The van der Waals surface area contributed by atoms with Gasteiger partial charge < -0.3 is 4.52 Å². The highest BCUT2D eigenvalue weighted by atomic mass is 31.2. The summed E-state index contributed by atoms with van der Waals surface area (Å²) in [5.74, 6) is 0. The second-order valence-corrected chi connectivity index (χ2v) is 7.22. The Kier molecular flexibility index (Phi) is 4.38. The Balaban J connectivity index is 1.86. The Hall–Kier alpha value is -0.630. The first kappa shape index (κ1) is 12.8. The van der Waals surface area contributed by atoms with E-state index in [0.29, 0.717) is 18.9 Å². The molecule has 0 N–H and O–H groups in total. The van der Waals surface area contributed by atoms with Crippen molar-refractivity contribution in [2.45, 2.75) is 13.5 Å². The Bertz CT molecular complexity index is 382. The van der Waals surface area contributed by atoms with Gasteiger partial charge in [0.1, 0.15) is 0 Å². The summed E-state index contributed by atoms with van der Waals surface area (Å²) in [7, 11) is -2.30. The molecule has 1 saturated heterocycles. The van der Waals surface area contributed by atoms with Crippen molar-refractivity contribution >= 4 is 7.37 Å². The molecule has 0 radical (unpaired) electrons. The van der Waals surface area contributed by atoms with Crippen molar-refractivity contribution in [2.24, 2.45) is 0 Å².